The molecule has 3 aromatic rings. The van der Waals surface area contributed by atoms with Crippen molar-refractivity contribution in [3.8, 4) is 17.0 Å². The van der Waals surface area contributed by atoms with Crippen molar-refractivity contribution < 1.29 is 14.5 Å². The van der Waals surface area contributed by atoms with E-state index in [1.807, 2.05) is 24.3 Å². The first-order chi connectivity index (χ1) is 14.0. The van der Waals surface area contributed by atoms with Crippen LogP contribution in [0.4, 0.5) is 10.8 Å². The Morgan fingerprint density at radius 3 is 2.59 bits per heavy atom. The third kappa shape index (κ3) is 5.60. The molecule has 0 aliphatic carbocycles. The molecule has 0 aliphatic heterocycles. The molecule has 3 rings (SSSR count). The number of aromatic nitrogens is 1. The van der Waals surface area contributed by atoms with E-state index in [0.29, 0.717) is 17.4 Å². The molecule has 146 valence electrons. The number of nitro groups is 1. The summed E-state index contributed by atoms with van der Waals surface area (Å²) in [5, 5.41) is 15.7. The average molecular weight is 407 g/mol. The van der Waals surface area contributed by atoms with Crippen LogP contribution in [0.5, 0.6) is 5.75 Å². The number of hydrogen-bond donors (Lipinski definition) is 1. The third-order valence-electron chi connectivity index (χ3n) is 3.78. The Labute approximate surface area is 171 Å². The number of hydrogen-bond acceptors (Lipinski definition) is 6. The van der Waals surface area contributed by atoms with Crippen LogP contribution in [-0.2, 0) is 4.79 Å². The van der Waals surface area contributed by atoms with E-state index in [4.69, 9.17) is 4.74 Å². The number of rotatable bonds is 8. The second-order valence-electron chi connectivity index (χ2n) is 5.83. The van der Waals surface area contributed by atoms with Gasteiger partial charge in [0.2, 0.25) is 5.91 Å². The molecule has 0 saturated heterocycles. The lowest BCUT2D eigenvalue weighted by molar-refractivity contribution is -0.384. The van der Waals surface area contributed by atoms with Gasteiger partial charge in [0, 0.05) is 29.2 Å². The number of nitro benzene ring substituents is 1. The Hall–Kier alpha value is -3.78. The van der Waals surface area contributed by atoms with Crippen LogP contribution in [0, 0.1) is 10.1 Å². The van der Waals surface area contributed by atoms with Crippen LogP contribution in [0.2, 0.25) is 0 Å². The molecule has 0 radical (unpaired) electrons. The summed E-state index contributed by atoms with van der Waals surface area (Å²) in [5.41, 5.74) is 2.25. The minimum absolute atomic E-state index is 0.0166. The van der Waals surface area contributed by atoms with Gasteiger partial charge in [0.1, 0.15) is 12.4 Å². The Bertz CT molecular complexity index is 1040. The first kappa shape index (κ1) is 20.0. The van der Waals surface area contributed by atoms with E-state index in [9.17, 15) is 14.9 Å². The molecule has 0 spiro atoms. The summed E-state index contributed by atoms with van der Waals surface area (Å²) in [6, 6.07) is 13.4. The summed E-state index contributed by atoms with van der Waals surface area (Å²) < 4.78 is 5.41. The molecule has 0 unspecified atom stereocenters. The van der Waals surface area contributed by atoms with Crippen molar-refractivity contribution in [1.82, 2.24) is 4.98 Å². The molecule has 29 heavy (non-hydrogen) atoms. The second kappa shape index (κ2) is 9.43. The zero-order valence-electron chi connectivity index (χ0n) is 15.3. The number of benzene rings is 2. The predicted molar refractivity (Wildman–Crippen MR) is 114 cm³/mol. The van der Waals surface area contributed by atoms with Crippen molar-refractivity contribution in [3.63, 3.8) is 0 Å². The molecular weight excluding hydrogens is 390 g/mol. The number of nitrogens with one attached hydrogen (secondary N) is 1. The zero-order valence-corrected chi connectivity index (χ0v) is 16.1. The first-order valence-corrected chi connectivity index (χ1v) is 9.46. The van der Waals surface area contributed by atoms with Crippen molar-refractivity contribution in [1.29, 1.82) is 0 Å². The van der Waals surface area contributed by atoms with Gasteiger partial charge >= 0.3 is 0 Å². The van der Waals surface area contributed by atoms with Crippen LogP contribution in [0.25, 0.3) is 17.3 Å². The van der Waals surface area contributed by atoms with Gasteiger partial charge in [-0.05, 0) is 35.9 Å². The maximum Gasteiger partial charge on any atom is 0.269 e. The summed E-state index contributed by atoms with van der Waals surface area (Å²) in [6.07, 6.45) is 4.79. The van der Waals surface area contributed by atoms with E-state index < -0.39 is 4.92 Å². The number of ether oxygens (including phenoxy) is 1. The highest BCUT2D eigenvalue weighted by atomic mass is 32.1. The minimum Gasteiger partial charge on any atom is -0.490 e. The Balaban J connectivity index is 1.59. The van der Waals surface area contributed by atoms with E-state index >= 15 is 0 Å². The van der Waals surface area contributed by atoms with Crippen molar-refractivity contribution >= 4 is 34.1 Å². The topological polar surface area (TPSA) is 94.4 Å². The van der Waals surface area contributed by atoms with Gasteiger partial charge in [-0.15, -0.1) is 11.3 Å². The lowest BCUT2D eigenvalue weighted by Gasteiger charge is -2.02. The van der Waals surface area contributed by atoms with E-state index in [1.54, 1.807) is 29.7 Å². The van der Waals surface area contributed by atoms with Crippen molar-refractivity contribution in [2.45, 2.75) is 0 Å². The number of carbonyl (C=O) groups is 1. The van der Waals surface area contributed by atoms with Crippen LogP contribution < -0.4 is 10.1 Å². The number of thiazole rings is 1. The lowest BCUT2D eigenvalue weighted by atomic mass is 10.1. The average Bonchev–Trinajstić information content (AvgIpc) is 3.20. The predicted octanol–water partition coefficient (Wildman–Crippen LogP) is 4.94. The van der Waals surface area contributed by atoms with E-state index in [2.05, 4.69) is 16.9 Å². The summed E-state index contributed by atoms with van der Waals surface area (Å²) in [6.45, 7) is 4.03. The van der Waals surface area contributed by atoms with Gasteiger partial charge in [-0.1, -0.05) is 24.8 Å². The fourth-order valence-electron chi connectivity index (χ4n) is 2.37. The van der Waals surface area contributed by atoms with Crippen LogP contribution in [0.15, 0.2) is 72.6 Å². The third-order valence-corrected chi connectivity index (χ3v) is 4.54. The number of nitrogens with zero attached hydrogens (tertiary/aromatic N) is 2. The molecular formula is C21H17N3O4S. The Kier molecular flexibility index (Phi) is 6.49. The highest BCUT2D eigenvalue weighted by molar-refractivity contribution is 7.14. The highest BCUT2D eigenvalue weighted by Gasteiger charge is 2.09. The van der Waals surface area contributed by atoms with Gasteiger partial charge in [0.15, 0.2) is 5.13 Å². The largest absolute Gasteiger partial charge is 0.490 e. The Morgan fingerprint density at radius 1 is 1.21 bits per heavy atom. The maximum absolute atomic E-state index is 12.1. The van der Waals surface area contributed by atoms with Crippen molar-refractivity contribution in [2.24, 2.45) is 0 Å². The van der Waals surface area contributed by atoms with Gasteiger partial charge in [0.05, 0.1) is 10.6 Å². The first-order valence-electron chi connectivity index (χ1n) is 8.58. The summed E-state index contributed by atoms with van der Waals surface area (Å²) in [4.78, 5) is 26.7. The normalized spacial score (nSPS) is 10.6. The maximum atomic E-state index is 12.1. The summed E-state index contributed by atoms with van der Waals surface area (Å²) in [7, 11) is 0. The molecule has 1 N–H and O–H groups in total. The fourth-order valence-corrected chi connectivity index (χ4v) is 3.09. The van der Waals surface area contributed by atoms with Crippen LogP contribution in [0.1, 0.15) is 5.56 Å². The second-order valence-corrected chi connectivity index (χ2v) is 6.69. The number of amides is 1. The molecule has 7 nitrogen and oxygen atoms in total. The molecule has 0 bridgehead atoms. The standard InChI is InChI=1S/C21H17N3O4S/c1-2-13-28-18-10-3-15(4-11-18)5-12-20(25)23-21-22-19(14-29-21)16-6-8-17(9-7-16)24(26)27/h2-12,14H,1,13H2,(H,22,23,25)/b12-5+. The number of non-ortho nitro benzene ring substituents is 1. The minimum atomic E-state index is -0.454. The number of anilines is 1. The van der Waals surface area contributed by atoms with E-state index in [0.717, 1.165) is 16.9 Å². The Morgan fingerprint density at radius 2 is 1.93 bits per heavy atom. The van der Waals surface area contributed by atoms with Crippen LogP contribution in [0.3, 0.4) is 0 Å². The molecule has 8 heteroatoms. The molecule has 2 aromatic carbocycles. The number of carbonyl (C=O) groups excluding carboxylic acids is 1. The molecule has 1 heterocycles. The van der Waals surface area contributed by atoms with Gasteiger partial charge in [-0.25, -0.2) is 4.98 Å². The molecule has 0 saturated carbocycles. The molecule has 0 atom stereocenters. The summed E-state index contributed by atoms with van der Waals surface area (Å²) in [5.74, 6) is 0.426. The van der Waals surface area contributed by atoms with Gasteiger partial charge < -0.3 is 4.74 Å². The lowest BCUT2D eigenvalue weighted by Crippen LogP contribution is -2.07. The quantitative estimate of drug-likeness (QED) is 0.247. The molecule has 1 aromatic heterocycles. The van der Waals surface area contributed by atoms with Gasteiger partial charge in [-0.3, -0.25) is 20.2 Å². The van der Waals surface area contributed by atoms with E-state index in [-0.39, 0.29) is 11.6 Å². The molecule has 1 amide bonds. The summed E-state index contributed by atoms with van der Waals surface area (Å²) >= 11 is 1.28. The van der Waals surface area contributed by atoms with Gasteiger partial charge in [-0.2, -0.15) is 0 Å². The monoisotopic (exact) mass is 407 g/mol. The van der Waals surface area contributed by atoms with Crippen molar-refractivity contribution in [2.75, 3.05) is 11.9 Å². The SMILES string of the molecule is C=CCOc1ccc(/C=C/C(=O)Nc2nc(-c3ccc([N+](=O)[O-])cc3)cs2)cc1. The zero-order chi connectivity index (χ0) is 20.6. The molecule has 0 fully saturated rings. The smallest absolute Gasteiger partial charge is 0.269 e. The van der Waals surface area contributed by atoms with Gasteiger partial charge in [0.25, 0.3) is 5.69 Å². The van der Waals surface area contributed by atoms with Crippen LogP contribution in [-0.4, -0.2) is 22.4 Å². The highest BCUT2D eigenvalue weighted by Crippen LogP contribution is 2.26. The van der Waals surface area contributed by atoms with Crippen LogP contribution >= 0.6 is 11.3 Å². The molecule has 0 aliphatic rings. The fraction of sp³-hybridized carbons (Fsp3) is 0.0476. The van der Waals surface area contributed by atoms with E-state index in [1.165, 1.54) is 29.5 Å². The van der Waals surface area contributed by atoms with Crippen molar-refractivity contribution in [3.05, 3.63) is 88.3 Å².